The minimum atomic E-state index is -0.0708. The van der Waals surface area contributed by atoms with Crippen molar-refractivity contribution in [2.24, 2.45) is 7.05 Å². The molecule has 1 amide bonds. The van der Waals surface area contributed by atoms with Gasteiger partial charge in [0.05, 0.1) is 0 Å². The molecule has 0 bridgehead atoms. The lowest BCUT2D eigenvalue weighted by molar-refractivity contribution is 0.0903. The van der Waals surface area contributed by atoms with Gasteiger partial charge in [0.15, 0.2) is 0 Å². The molecule has 5 nitrogen and oxygen atoms in total. The predicted molar refractivity (Wildman–Crippen MR) is 103 cm³/mol. The largest absolute Gasteiger partial charge is 0.348 e. The van der Waals surface area contributed by atoms with Crippen molar-refractivity contribution in [2.75, 3.05) is 13.1 Å². The quantitative estimate of drug-likeness (QED) is 0.789. The monoisotopic (exact) mass is 348 g/mol. The highest BCUT2D eigenvalue weighted by atomic mass is 16.2. The number of carbonyl (C=O) groups is 1. The molecule has 2 heterocycles. The molecule has 26 heavy (non-hydrogen) atoms. The molecule has 3 aromatic rings. The van der Waals surface area contributed by atoms with Gasteiger partial charge in [0, 0.05) is 38.9 Å². The first kappa shape index (κ1) is 16.8. The molecule has 1 N–H and O–H groups in total. The van der Waals surface area contributed by atoms with Crippen molar-refractivity contribution in [1.29, 1.82) is 0 Å². The first-order chi connectivity index (χ1) is 12.7. The zero-order valence-electron chi connectivity index (χ0n) is 15.1. The third kappa shape index (κ3) is 3.78. The van der Waals surface area contributed by atoms with Gasteiger partial charge in [0.2, 0.25) is 0 Å². The van der Waals surface area contributed by atoms with Crippen LogP contribution in [0.15, 0.2) is 54.7 Å². The molecule has 1 aromatic heterocycles. The number of likely N-dealkylation sites (tertiary alicyclic amines) is 1. The lowest BCUT2D eigenvalue weighted by Crippen LogP contribution is -2.44. The molecule has 1 aliphatic rings. The van der Waals surface area contributed by atoms with Crippen LogP contribution in [0.2, 0.25) is 0 Å². The van der Waals surface area contributed by atoms with Crippen molar-refractivity contribution in [1.82, 2.24) is 20.0 Å². The Morgan fingerprint density at radius 3 is 2.62 bits per heavy atom. The van der Waals surface area contributed by atoms with Gasteiger partial charge < -0.3 is 5.32 Å². The summed E-state index contributed by atoms with van der Waals surface area (Å²) in [6.45, 7) is 2.96. The molecule has 0 atom stereocenters. The molecule has 2 aromatic carbocycles. The Morgan fingerprint density at radius 2 is 1.88 bits per heavy atom. The lowest BCUT2D eigenvalue weighted by atomic mass is 10.0. The van der Waals surface area contributed by atoms with Crippen LogP contribution in [0.25, 0.3) is 10.8 Å². The Balaban J connectivity index is 1.31. The van der Waals surface area contributed by atoms with Gasteiger partial charge in [-0.25, -0.2) is 0 Å². The summed E-state index contributed by atoms with van der Waals surface area (Å²) in [5.41, 5.74) is 1.84. The number of nitrogens with zero attached hydrogens (tertiary/aromatic N) is 3. The normalized spacial score (nSPS) is 16.0. The Morgan fingerprint density at radius 1 is 1.12 bits per heavy atom. The number of benzene rings is 2. The van der Waals surface area contributed by atoms with E-state index in [1.807, 2.05) is 7.05 Å². The summed E-state index contributed by atoms with van der Waals surface area (Å²) >= 11 is 0. The summed E-state index contributed by atoms with van der Waals surface area (Å²) in [6, 6.07) is 17.2. The van der Waals surface area contributed by atoms with E-state index in [-0.39, 0.29) is 11.9 Å². The van der Waals surface area contributed by atoms with E-state index in [0.717, 1.165) is 32.5 Å². The van der Waals surface area contributed by atoms with Crippen molar-refractivity contribution in [2.45, 2.75) is 25.4 Å². The zero-order valence-corrected chi connectivity index (χ0v) is 15.1. The highest BCUT2D eigenvalue weighted by Crippen LogP contribution is 2.19. The van der Waals surface area contributed by atoms with Crippen LogP contribution in [0.1, 0.15) is 28.9 Å². The Labute approximate surface area is 153 Å². The van der Waals surface area contributed by atoms with E-state index in [2.05, 4.69) is 57.8 Å². The van der Waals surface area contributed by atoms with Crippen molar-refractivity contribution >= 4 is 16.7 Å². The number of hydrogen-bond donors (Lipinski definition) is 1. The molecule has 0 saturated carbocycles. The average molecular weight is 348 g/mol. The lowest BCUT2D eigenvalue weighted by Gasteiger charge is -2.32. The van der Waals surface area contributed by atoms with E-state index in [0.29, 0.717) is 5.69 Å². The van der Waals surface area contributed by atoms with Crippen molar-refractivity contribution in [3.05, 3.63) is 66.0 Å². The van der Waals surface area contributed by atoms with Gasteiger partial charge in [0.1, 0.15) is 5.69 Å². The van der Waals surface area contributed by atoms with Gasteiger partial charge in [-0.2, -0.15) is 5.10 Å². The third-order valence-electron chi connectivity index (χ3n) is 5.09. The van der Waals surface area contributed by atoms with Crippen molar-refractivity contribution in [3.8, 4) is 0 Å². The predicted octanol–water partition coefficient (Wildman–Crippen LogP) is 2.97. The molecule has 0 radical (unpaired) electrons. The second-order valence-corrected chi connectivity index (χ2v) is 7.08. The number of aromatic nitrogens is 2. The molecule has 4 rings (SSSR count). The van der Waals surface area contributed by atoms with Crippen LogP contribution in [0, 0.1) is 0 Å². The fourth-order valence-electron chi connectivity index (χ4n) is 3.63. The minimum absolute atomic E-state index is 0.0708. The van der Waals surface area contributed by atoms with Crippen LogP contribution in [0.4, 0.5) is 0 Å². The summed E-state index contributed by atoms with van der Waals surface area (Å²) in [7, 11) is 1.82. The first-order valence-electron chi connectivity index (χ1n) is 9.18. The average Bonchev–Trinajstić information content (AvgIpc) is 3.10. The Kier molecular flexibility index (Phi) is 4.71. The van der Waals surface area contributed by atoms with Crippen molar-refractivity contribution < 1.29 is 4.79 Å². The summed E-state index contributed by atoms with van der Waals surface area (Å²) in [4.78, 5) is 14.7. The summed E-state index contributed by atoms with van der Waals surface area (Å²) in [6.07, 6.45) is 3.75. The SMILES string of the molecule is Cn1ccc(C(=O)NC2CCN(Cc3ccc4ccccc4c3)CC2)n1. The Hall–Kier alpha value is -2.66. The number of fused-ring (bicyclic) bond motifs is 1. The van der Waals surface area contributed by atoms with E-state index >= 15 is 0 Å². The third-order valence-corrected chi connectivity index (χ3v) is 5.09. The number of amides is 1. The maximum atomic E-state index is 12.2. The molecule has 0 spiro atoms. The molecule has 134 valence electrons. The molecular weight excluding hydrogens is 324 g/mol. The van der Waals surface area contributed by atoms with Gasteiger partial charge >= 0.3 is 0 Å². The summed E-state index contributed by atoms with van der Waals surface area (Å²) in [5.74, 6) is -0.0708. The van der Waals surface area contributed by atoms with Gasteiger partial charge in [0.25, 0.3) is 5.91 Å². The highest BCUT2D eigenvalue weighted by molar-refractivity contribution is 5.92. The number of hydrogen-bond acceptors (Lipinski definition) is 3. The number of rotatable bonds is 4. The molecule has 1 fully saturated rings. The van der Waals surface area contributed by atoms with Gasteiger partial charge in [-0.15, -0.1) is 0 Å². The van der Waals surface area contributed by atoms with Gasteiger partial charge in [-0.05, 0) is 41.3 Å². The van der Waals surface area contributed by atoms with E-state index in [9.17, 15) is 4.79 Å². The second kappa shape index (κ2) is 7.30. The van der Waals surface area contributed by atoms with Gasteiger partial charge in [-0.3, -0.25) is 14.4 Å². The highest BCUT2D eigenvalue weighted by Gasteiger charge is 2.22. The maximum absolute atomic E-state index is 12.2. The van der Waals surface area contributed by atoms with Crippen LogP contribution < -0.4 is 5.32 Å². The van der Waals surface area contributed by atoms with E-state index < -0.39 is 0 Å². The molecule has 1 aliphatic heterocycles. The molecular formula is C21H24N4O. The Bertz CT molecular complexity index is 909. The molecule has 0 aliphatic carbocycles. The summed E-state index contributed by atoms with van der Waals surface area (Å²) < 4.78 is 1.65. The van der Waals surface area contributed by atoms with Gasteiger partial charge in [-0.1, -0.05) is 36.4 Å². The van der Waals surface area contributed by atoms with E-state index in [1.54, 1.807) is 16.9 Å². The summed E-state index contributed by atoms with van der Waals surface area (Å²) in [5, 5.41) is 9.86. The van der Waals surface area contributed by atoms with Crippen LogP contribution in [-0.4, -0.2) is 39.7 Å². The van der Waals surface area contributed by atoms with Crippen LogP contribution in [0.3, 0.4) is 0 Å². The first-order valence-corrected chi connectivity index (χ1v) is 9.18. The number of piperidine rings is 1. The van der Waals surface area contributed by atoms with Crippen LogP contribution in [0.5, 0.6) is 0 Å². The topological polar surface area (TPSA) is 50.2 Å². The van der Waals surface area contributed by atoms with E-state index in [4.69, 9.17) is 0 Å². The fraction of sp³-hybridized carbons (Fsp3) is 0.333. The molecule has 1 saturated heterocycles. The standard InChI is InChI=1S/C21H24N4O/c1-24-11-10-20(23-24)21(26)22-19-8-12-25(13-9-19)15-16-6-7-17-4-2-3-5-18(17)14-16/h2-7,10-11,14,19H,8-9,12-13,15H2,1H3,(H,22,26). The minimum Gasteiger partial charge on any atom is -0.348 e. The number of nitrogens with one attached hydrogen (secondary N) is 1. The molecule has 5 heteroatoms. The van der Waals surface area contributed by atoms with Crippen LogP contribution in [-0.2, 0) is 13.6 Å². The number of carbonyl (C=O) groups excluding carboxylic acids is 1. The maximum Gasteiger partial charge on any atom is 0.271 e. The second-order valence-electron chi connectivity index (χ2n) is 7.08. The number of aryl methyl sites for hydroxylation is 1. The van der Waals surface area contributed by atoms with Crippen LogP contribution >= 0.6 is 0 Å². The molecule has 0 unspecified atom stereocenters. The van der Waals surface area contributed by atoms with Crippen molar-refractivity contribution in [3.63, 3.8) is 0 Å². The fourth-order valence-corrected chi connectivity index (χ4v) is 3.63. The zero-order chi connectivity index (χ0) is 17.9. The van der Waals surface area contributed by atoms with E-state index in [1.165, 1.54) is 16.3 Å². The smallest absolute Gasteiger partial charge is 0.271 e.